The number of ether oxygens (including phenoxy) is 1. The zero-order chi connectivity index (χ0) is 20.4. The summed E-state index contributed by atoms with van der Waals surface area (Å²) in [5.74, 6) is 0.881. The molecular weight excluding hydrogens is 372 g/mol. The Labute approximate surface area is 173 Å². The van der Waals surface area contributed by atoms with Gasteiger partial charge in [-0.1, -0.05) is 12.1 Å². The van der Waals surface area contributed by atoms with Crippen LogP contribution in [0.4, 0.5) is 0 Å². The van der Waals surface area contributed by atoms with Gasteiger partial charge in [0.25, 0.3) is 5.91 Å². The quantitative estimate of drug-likeness (QED) is 0.513. The first-order valence-electron chi connectivity index (χ1n) is 9.95. The Balaban J connectivity index is 1.92. The first-order chi connectivity index (χ1) is 13.5. The van der Waals surface area contributed by atoms with Crippen LogP contribution in [0.2, 0.25) is 0 Å². The second kappa shape index (κ2) is 11.3. The molecule has 0 aliphatic carbocycles. The molecule has 7 heteroatoms. The Morgan fingerprint density at radius 2 is 2.04 bits per heavy atom. The molecule has 0 spiro atoms. The van der Waals surface area contributed by atoms with Gasteiger partial charge in [0.2, 0.25) is 0 Å². The summed E-state index contributed by atoms with van der Waals surface area (Å²) in [5, 5.41) is 6.76. The molecule has 2 rings (SSSR count). The third-order valence-electron chi connectivity index (χ3n) is 4.99. The number of carbonyl (C=O) groups is 1. The Hall–Kier alpha value is -1.73. The Morgan fingerprint density at radius 1 is 1.29 bits per heavy atom. The molecule has 0 radical (unpaired) electrons. The number of rotatable bonds is 8. The van der Waals surface area contributed by atoms with Crippen LogP contribution < -0.4 is 10.6 Å². The van der Waals surface area contributed by atoms with Crippen LogP contribution in [0.25, 0.3) is 0 Å². The number of nitrogens with zero attached hydrogens (tertiary/aromatic N) is 2. The number of nitrogens with one attached hydrogen (secondary N) is 2. The summed E-state index contributed by atoms with van der Waals surface area (Å²) in [6.45, 7) is 6.10. The van der Waals surface area contributed by atoms with Crippen LogP contribution in [0.5, 0.6) is 0 Å². The van der Waals surface area contributed by atoms with Crippen LogP contribution >= 0.6 is 11.8 Å². The summed E-state index contributed by atoms with van der Waals surface area (Å²) < 4.78 is 5.70. The van der Waals surface area contributed by atoms with Crippen LogP contribution in [0.1, 0.15) is 35.7 Å². The van der Waals surface area contributed by atoms with E-state index in [9.17, 15) is 4.79 Å². The van der Waals surface area contributed by atoms with E-state index in [-0.39, 0.29) is 10.7 Å². The van der Waals surface area contributed by atoms with Crippen LogP contribution in [-0.4, -0.2) is 74.7 Å². The predicted molar refractivity (Wildman–Crippen MR) is 118 cm³/mol. The number of aliphatic imine (C=N–C) groups is 1. The summed E-state index contributed by atoms with van der Waals surface area (Å²) in [7, 11) is 3.55. The molecule has 1 amide bonds. The number of guanidine groups is 1. The first-order valence-corrected chi connectivity index (χ1v) is 11.2. The smallest absolute Gasteiger partial charge is 0.253 e. The number of amides is 1. The van der Waals surface area contributed by atoms with Gasteiger partial charge in [-0.25, -0.2) is 0 Å². The van der Waals surface area contributed by atoms with Gasteiger partial charge in [0.1, 0.15) is 0 Å². The molecule has 1 heterocycles. The molecule has 1 aliphatic heterocycles. The standard InChI is InChI=1S/C21H34N4O2S/c1-5-22-20(24-16-21(28-4)10-13-27-14-11-21)23-12-9-17-7-6-8-18(15-17)19(26)25(2)3/h6-8,15H,5,9-14,16H2,1-4H3,(H2,22,23,24). The SMILES string of the molecule is CCNC(=NCC1(SC)CCOCC1)NCCc1cccc(C(=O)N(C)C)c1. The zero-order valence-corrected chi connectivity index (χ0v) is 18.4. The average molecular weight is 407 g/mol. The van der Waals surface area contributed by atoms with Crippen molar-refractivity contribution in [2.75, 3.05) is 53.2 Å². The molecule has 1 aromatic rings. The van der Waals surface area contributed by atoms with E-state index in [0.717, 1.165) is 69.2 Å². The lowest BCUT2D eigenvalue weighted by Gasteiger charge is -2.34. The number of thioether (sulfide) groups is 1. The number of hydrogen-bond donors (Lipinski definition) is 2. The summed E-state index contributed by atoms with van der Waals surface area (Å²) in [5.41, 5.74) is 1.87. The van der Waals surface area contributed by atoms with Gasteiger partial charge in [0.15, 0.2) is 5.96 Å². The molecule has 6 nitrogen and oxygen atoms in total. The van der Waals surface area contributed by atoms with E-state index >= 15 is 0 Å². The van der Waals surface area contributed by atoms with Gasteiger partial charge in [-0.2, -0.15) is 11.8 Å². The molecule has 156 valence electrons. The van der Waals surface area contributed by atoms with Gasteiger partial charge in [0, 0.05) is 50.7 Å². The molecule has 0 aromatic heterocycles. The lowest BCUT2D eigenvalue weighted by Crippen LogP contribution is -2.41. The normalized spacial score (nSPS) is 16.5. The highest BCUT2D eigenvalue weighted by Crippen LogP contribution is 2.33. The van der Waals surface area contributed by atoms with E-state index in [1.807, 2.05) is 30.0 Å². The number of hydrogen-bond acceptors (Lipinski definition) is 4. The molecular formula is C21H34N4O2S. The van der Waals surface area contributed by atoms with Crippen molar-refractivity contribution in [3.63, 3.8) is 0 Å². The van der Waals surface area contributed by atoms with Gasteiger partial charge < -0.3 is 20.3 Å². The van der Waals surface area contributed by atoms with Crippen molar-refractivity contribution < 1.29 is 9.53 Å². The molecule has 1 saturated heterocycles. The van der Waals surface area contributed by atoms with Gasteiger partial charge in [-0.05, 0) is 50.1 Å². The van der Waals surface area contributed by atoms with E-state index in [1.165, 1.54) is 0 Å². The van der Waals surface area contributed by atoms with E-state index in [2.05, 4.69) is 29.9 Å². The van der Waals surface area contributed by atoms with Crippen LogP contribution in [0, 0.1) is 0 Å². The highest BCUT2D eigenvalue weighted by Gasteiger charge is 2.31. The minimum absolute atomic E-state index is 0.0311. The summed E-state index contributed by atoms with van der Waals surface area (Å²) >= 11 is 1.90. The molecule has 1 fully saturated rings. The van der Waals surface area contributed by atoms with Crippen molar-refractivity contribution in [3.8, 4) is 0 Å². The Morgan fingerprint density at radius 3 is 2.68 bits per heavy atom. The number of carbonyl (C=O) groups excluding carboxylic acids is 1. The van der Waals surface area contributed by atoms with Crippen LogP contribution in [-0.2, 0) is 11.2 Å². The van der Waals surface area contributed by atoms with Crippen molar-refractivity contribution in [1.29, 1.82) is 0 Å². The maximum atomic E-state index is 12.1. The fourth-order valence-electron chi connectivity index (χ4n) is 3.18. The van der Waals surface area contributed by atoms with E-state index in [0.29, 0.717) is 0 Å². The summed E-state index contributed by atoms with van der Waals surface area (Å²) in [6.07, 6.45) is 5.09. The Kier molecular flexibility index (Phi) is 9.12. The molecule has 0 atom stereocenters. The van der Waals surface area contributed by atoms with E-state index < -0.39 is 0 Å². The highest BCUT2D eigenvalue weighted by molar-refractivity contribution is 8.00. The predicted octanol–water partition coefficient (Wildman–Crippen LogP) is 2.40. The minimum atomic E-state index is 0.0311. The third-order valence-corrected chi connectivity index (χ3v) is 6.40. The van der Waals surface area contributed by atoms with Gasteiger partial charge in [0.05, 0.1) is 6.54 Å². The van der Waals surface area contributed by atoms with Crippen molar-refractivity contribution in [2.24, 2.45) is 4.99 Å². The third kappa shape index (κ3) is 6.71. The maximum Gasteiger partial charge on any atom is 0.253 e. The summed E-state index contributed by atoms with van der Waals surface area (Å²) in [6, 6.07) is 7.83. The fourth-order valence-corrected chi connectivity index (χ4v) is 3.95. The zero-order valence-electron chi connectivity index (χ0n) is 17.6. The van der Waals surface area contributed by atoms with Crippen molar-refractivity contribution in [2.45, 2.75) is 30.9 Å². The van der Waals surface area contributed by atoms with Crippen molar-refractivity contribution >= 4 is 23.6 Å². The van der Waals surface area contributed by atoms with Crippen LogP contribution in [0.15, 0.2) is 29.3 Å². The van der Waals surface area contributed by atoms with Crippen molar-refractivity contribution in [3.05, 3.63) is 35.4 Å². The maximum absolute atomic E-state index is 12.1. The first kappa shape index (κ1) is 22.6. The molecule has 0 unspecified atom stereocenters. The van der Waals surface area contributed by atoms with E-state index in [1.54, 1.807) is 19.0 Å². The fraction of sp³-hybridized carbons (Fsp3) is 0.619. The molecule has 28 heavy (non-hydrogen) atoms. The highest BCUT2D eigenvalue weighted by atomic mass is 32.2. The lowest BCUT2D eigenvalue weighted by molar-refractivity contribution is 0.0794. The summed E-state index contributed by atoms with van der Waals surface area (Å²) in [4.78, 5) is 18.6. The topological polar surface area (TPSA) is 66.0 Å². The second-order valence-corrected chi connectivity index (χ2v) is 8.55. The molecule has 1 aromatic carbocycles. The average Bonchev–Trinajstić information content (AvgIpc) is 2.72. The van der Waals surface area contributed by atoms with Gasteiger partial charge in [-0.15, -0.1) is 0 Å². The monoisotopic (exact) mass is 406 g/mol. The van der Waals surface area contributed by atoms with Crippen LogP contribution in [0.3, 0.4) is 0 Å². The van der Waals surface area contributed by atoms with Crippen molar-refractivity contribution in [1.82, 2.24) is 15.5 Å². The lowest BCUT2D eigenvalue weighted by atomic mass is 9.99. The minimum Gasteiger partial charge on any atom is -0.381 e. The van der Waals surface area contributed by atoms with Gasteiger partial charge >= 0.3 is 0 Å². The molecule has 2 N–H and O–H groups in total. The molecule has 0 bridgehead atoms. The molecule has 1 aliphatic rings. The van der Waals surface area contributed by atoms with E-state index in [4.69, 9.17) is 9.73 Å². The van der Waals surface area contributed by atoms with Gasteiger partial charge in [-0.3, -0.25) is 9.79 Å². The largest absolute Gasteiger partial charge is 0.381 e. The number of benzene rings is 1. The molecule has 0 saturated carbocycles. The Bertz CT molecular complexity index is 658. The second-order valence-electron chi connectivity index (χ2n) is 7.27.